The van der Waals surface area contributed by atoms with Gasteiger partial charge in [-0.2, -0.15) is 8.42 Å². The predicted molar refractivity (Wildman–Crippen MR) is 43.4 cm³/mol. The second-order valence-corrected chi connectivity index (χ2v) is 3.33. The molecule has 1 rings (SSSR count). The minimum Gasteiger partial charge on any atom is -0.320 e. The lowest BCUT2D eigenvalue weighted by Gasteiger charge is -1.99. The molecule has 0 fully saturated rings. The van der Waals surface area contributed by atoms with E-state index in [-0.39, 0.29) is 5.56 Å². The summed E-state index contributed by atoms with van der Waals surface area (Å²) in [7, 11) is -4.82. The Labute approximate surface area is 79.1 Å². The summed E-state index contributed by atoms with van der Waals surface area (Å²) >= 11 is 0. The third kappa shape index (κ3) is 3.11. The van der Waals surface area contributed by atoms with Gasteiger partial charge in [0.15, 0.2) is 0 Å². The van der Waals surface area contributed by atoms with Crippen molar-refractivity contribution in [3.63, 3.8) is 0 Å². The third-order valence-corrected chi connectivity index (χ3v) is 1.62. The molecule has 7 heteroatoms. The molecule has 0 unspecified atom stereocenters. The van der Waals surface area contributed by atoms with Crippen LogP contribution in [0.5, 0.6) is 0 Å². The first-order chi connectivity index (χ1) is 6.38. The maximum atomic E-state index is 12.4. The average molecular weight is 220 g/mol. The fourth-order valence-electron chi connectivity index (χ4n) is 0.730. The van der Waals surface area contributed by atoms with E-state index in [9.17, 15) is 17.6 Å². The maximum Gasteiger partial charge on any atom is 0.449 e. The highest BCUT2D eigenvalue weighted by Gasteiger charge is 2.14. The zero-order chi connectivity index (χ0) is 10.8. The molecular weight excluding hydrogens is 215 g/mol. The van der Waals surface area contributed by atoms with Gasteiger partial charge >= 0.3 is 16.4 Å². The van der Waals surface area contributed by atoms with Crippen LogP contribution in [0, 0.1) is 5.82 Å². The first-order valence-electron chi connectivity index (χ1n) is 3.35. The van der Waals surface area contributed by atoms with Crippen molar-refractivity contribution in [3.05, 3.63) is 35.6 Å². The highest BCUT2D eigenvalue weighted by Crippen LogP contribution is 2.05. The smallest absolute Gasteiger partial charge is 0.320 e. The fraction of sp³-hybridized carbons (Fsp3) is 0. The van der Waals surface area contributed by atoms with Gasteiger partial charge in [-0.15, -0.1) is 0 Å². The van der Waals surface area contributed by atoms with E-state index in [1.807, 2.05) is 0 Å². The standard InChI is InChI=1S/C7H5FO5S/c8-6-3-1-5(2-4-6)7(9)13-14(10,11)12/h1-4H,(H,10,11,12). The van der Waals surface area contributed by atoms with Crippen LogP contribution in [-0.2, 0) is 14.6 Å². The van der Waals surface area contributed by atoms with Crippen LogP contribution < -0.4 is 0 Å². The van der Waals surface area contributed by atoms with Crippen molar-refractivity contribution in [1.82, 2.24) is 0 Å². The van der Waals surface area contributed by atoms with Crippen molar-refractivity contribution < 1.29 is 26.3 Å². The molecule has 0 spiro atoms. The predicted octanol–water partition coefficient (Wildman–Crippen LogP) is 0.785. The number of halogens is 1. The van der Waals surface area contributed by atoms with E-state index in [1.165, 1.54) is 0 Å². The second-order valence-electron chi connectivity index (χ2n) is 2.31. The molecular formula is C7H5FO5S. The molecule has 0 aliphatic rings. The fourth-order valence-corrected chi connectivity index (χ4v) is 1.02. The van der Waals surface area contributed by atoms with Crippen LogP contribution in [0.2, 0.25) is 0 Å². The van der Waals surface area contributed by atoms with Gasteiger partial charge in [0.25, 0.3) is 0 Å². The minimum absolute atomic E-state index is 0.177. The molecule has 76 valence electrons. The lowest BCUT2D eigenvalue weighted by Crippen LogP contribution is -2.11. The van der Waals surface area contributed by atoms with Crippen LogP contribution in [0.25, 0.3) is 0 Å². The van der Waals surface area contributed by atoms with Gasteiger partial charge in [0.05, 0.1) is 5.56 Å². The van der Waals surface area contributed by atoms with Crippen molar-refractivity contribution >= 4 is 16.4 Å². The molecule has 0 saturated heterocycles. The third-order valence-electron chi connectivity index (χ3n) is 1.26. The summed E-state index contributed by atoms with van der Waals surface area (Å²) in [6, 6.07) is 3.98. The lowest BCUT2D eigenvalue weighted by atomic mass is 10.2. The Hall–Kier alpha value is -1.47. The summed E-state index contributed by atoms with van der Waals surface area (Å²) in [5.74, 6) is -1.85. The van der Waals surface area contributed by atoms with Gasteiger partial charge in [-0.05, 0) is 24.3 Å². The van der Waals surface area contributed by atoms with Crippen molar-refractivity contribution in [1.29, 1.82) is 0 Å². The van der Waals surface area contributed by atoms with E-state index < -0.39 is 22.2 Å². The normalized spacial score (nSPS) is 11.0. The molecule has 0 aliphatic heterocycles. The quantitative estimate of drug-likeness (QED) is 0.745. The van der Waals surface area contributed by atoms with Crippen molar-refractivity contribution in [2.24, 2.45) is 0 Å². The molecule has 0 heterocycles. The molecule has 1 N–H and O–H groups in total. The molecule has 14 heavy (non-hydrogen) atoms. The van der Waals surface area contributed by atoms with E-state index in [4.69, 9.17) is 4.55 Å². The van der Waals surface area contributed by atoms with Crippen LogP contribution in [0.4, 0.5) is 4.39 Å². The molecule has 5 nitrogen and oxygen atoms in total. The summed E-state index contributed by atoms with van der Waals surface area (Å²) in [5, 5.41) is 0. The number of hydrogen-bond acceptors (Lipinski definition) is 4. The number of rotatable bonds is 2. The Morgan fingerprint density at radius 3 is 2.21 bits per heavy atom. The monoisotopic (exact) mass is 220 g/mol. The number of hydrogen-bond donors (Lipinski definition) is 1. The Morgan fingerprint density at radius 1 is 1.29 bits per heavy atom. The Bertz CT molecular complexity index is 436. The van der Waals surface area contributed by atoms with Gasteiger partial charge < -0.3 is 4.18 Å². The summed E-state index contributed by atoms with van der Waals surface area (Å²) in [6.07, 6.45) is 0. The highest BCUT2D eigenvalue weighted by atomic mass is 32.3. The molecule has 1 aromatic rings. The lowest BCUT2D eigenvalue weighted by molar-refractivity contribution is 0.0727. The molecule has 0 aliphatic carbocycles. The number of carbonyl (C=O) groups excluding carboxylic acids is 1. The van der Waals surface area contributed by atoms with Crippen LogP contribution in [0.15, 0.2) is 24.3 Å². The van der Waals surface area contributed by atoms with Crippen LogP contribution in [-0.4, -0.2) is 18.9 Å². The SMILES string of the molecule is O=C(OS(=O)(=O)O)c1ccc(F)cc1. The summed E-state index contributed by atoms with van der Waals surface area (Å²) in [6.45, 7) is 0. The van der Waals surface area contributed by atoms with Gasteiger partial charge in [-0.25, -0.2) is 9.18 Å². The number of benzene rings is 1. The van der Waals surface area contributed by atoms with Gasteiger partial charge in [-0.1, -0.05) is 0 Å². The summed E-state index contributed by atoms with van der Waals surface area (Å²) in [5.41, 5.74) is -0.177. The average Bonchev–Trinajstić information content (AvgIpc) is 2.02. The Kier molecular flexibility index (Phi) is 2.82. The molecule has 0 bridgehead atoms. The van der Waals surface area contributed by atoms with Crippen molar-refractivity contribution in [3.8, 4) is 0 Å². The van der Waals surface area contributed by atoms with E-state index in [0.717, 1.165) is 24.3 Å². The van der Waals surface area contributed by atoms with Crippen LogP contribution >= 0.6 is 0 Å². The van der Waals surface area contributed by atoms with E-state index in [0.29, 0.717) is 0 Å². The van der Waals surface area contributed by atoms with Crippen molar-refractivity contribution in [2.75, 3.05) is 0 Å². The van der Waals surface area contributed by atoms with Gasteiger partial charge in [0.2, 0.25) is 0 Å². The van der Waals surface area contributed by atoms with Gasteiger partial charge in [0, 0.05) is 0 Å². The minimum atomic E-state index is -4.82. The Balaban J connectivity index is 2.86. The highest BCUT2D eigenvalue weighted by molar-refractivity contribution is 7.81. The Morgan fingerprint density at radius 2 is 1.79 bits per heavy atom. The zero-order valence-corrected chi connectivity index (χ0v) is 7.49. The van der Waals surface area contributed by atoms with Crippen LogP contribution in [0.3, 0.4) is 0 Å². The zero-order valence-electron chi connectivity index (χ0n) is 6.68. The number of carbonyl (C=O) groups is 1. The molecule has 0 aromatic heterocycles. The van der Waals surface area contributed by atoms with E-state index in [2.05, 4.69) is 4.18 Å². The molecule has 0 atom stereocenters. The molecule has 0 saturated carbocycles. The van der Waals surface area contributed by atoms with E-state index >= 15 is 0 Å². The van der Waals surface area contributed by atoms with Crippen molar-refractivity contribution in [2.45, 2.75) is 0 Å². The molecule has 1 aromatic carbocycles. The largest absolute Gasteiger partial charge is 0.449 e. The second kappa shape index (κ2) is 3.72. The van der Waals surface area contributed by atoms with Gasteiger partial charge in [0.1, 0.15) is 5.82 Å². The molecule has 0 amide bonds. The topological polar surface area (TPSA) is 80.7 Å². The molecule has 0 radical (unpaired) electrons. The van der Waals surface area contributed by atoms with E-state index in [1.54, 1.807) is 0 Å². The summed E-state index contributed by atoms with van der Waals surface area (Å²) < 4.78 is 44.4. The maximum absolute atomic E-state index is 12.4. The first kappa shape index (κ1) is 10.6. The van der Waals surface area contributed by atoms with Crippen LogP contribution in [0.1, 0.15) is 10.4 Å². The first-order valence-corrected chi connectivity index (χ1v) is 4.72. The summed E-state index contributed by atoms with van der Waals surface area (Å²) in [4.78, 5) is 10.9. The van der Waals surface area contributed by atoms with Gasteiger partial charge in [-0.3, -0.25) is 4.55 Å².